The van der Waals surface area contributed by atoms with Crippen LogP contribution in [0.25, 0.3) is 0 Å². The molecule has 0 saturated carbocycles. The van der Waals surface area contributed by atoms with E-state index in [2.05, 4.69) is 62.6 Å². The van der Waals surface area contributed by atoms with E-state index in [0.717, 1.165) is 34.3 Å². The van der Waals surface area contributed by atoms with Crippen LogP contribution in [0.3, 0.4) is 0 Å². The first-order valence-corrected chi connectivity index (χ1v) is 9.40. The smallest absolute Gasteiger partial charge is 0.252 e. The molecule has 1 aromatic carbocycles. The van der Waals surface area contributed by atoms with Crippen LogP contribution in [0.2, 0.25) is 0 Å². The molecule has 0 radical (unpaired) electrons. The fourth-order valence-corrected chi connectivity index (χ4v) is 3.50. The second-order valence-electron chi connectivity index (χ2n) is 5.98. The van der Waals surface area contributed by atoms with Crippen molar-refractivity contribution in [1.82, 2.24) is 10.2 Å². The number of morpholine rings is 1. The number of nitrogens with one attached hydrogen (secondary N) is 1. The van der Waals surface area contributed by atoms with Gasteiger partial charge in [-0.15, -0.1) is 0 Å². The summed E-state index contributed by atoms with van der Waals surface area (Å²) in [4.78, 5) is 14.7. The van der Waals surface area contributed by atoms with Crippen molar-refractivity contribution in [1.29, 1.82) is 0 Å². The zero-order chi connectivity index (χ0) is 16.1. The topological polar surface area (TPSA) is 41.6 Å². The molecule has 1 N–H and O–H groups in total. The molecular weight excluding hydrogens is 459 g/mol. The minimum absolute atomic E-state index is 0.0460. The lowest BCUT2D eigenvalue weighted by molar-refractivity contribution is -0.0295. The Kier molecular flexibility index (Phi) is 7.11. The second-order valence-corrected chi connectivity index (χ2v) is 8.06. The molecule has 1 atom stereocenters. The van der Waals surface area contributed by atoms with Crippen LogP contribution in [0.1, 0.15) is 24.2 Å². The van der Waals surface area contributed by atoms with E-state index in [1.54, 1.807) is 0 Å². The van der Waals surface area contributed by atoms with Crippen molar-refractivity contribution in [3.8, 4) is 0 Å². The van der Waals surface area contributed by atoms with Gasteiger partial charge in [-0.3, -0.25) is 9.69 Å². The van der Waals surface area contributed by atoms with Crippen molar-refractivity contribution in [3.63, 3.8) is 0 Å². The number of amides is 1. The van der Waals surface area contributed by atoms with Crippen LogP contribution in [-0.4, -0.2) is 49.7 Å². The predicted molar refractivity (Wildman–Crippen MR) is 100 cm³/mol. The molecular formula is C16H22BrIN2O2. The molecule has 122 valence electrons. The third-order valence-electron chi connectivity index (χ3n) is 3.51. The molecule has 2 rings (SSSR count). The molecule has 1 aromatic rings. The van der Waals surface area contributed by atoms with Gasteiger partial charge < -0.3 is 10.1 Å². The van der Waals surface area contributed by atoms with Crippen molar-refractivity contribution < 1.29 is 9.53 Å². The van der Waals surface area contributed by atoms with Crippen molar-refractivity contribution >= 4 is 44.4 Å². The Bertz CT molecular complexity index is 525. The fourth-order valence-electron chi connectivity index (χ4n) is 2.56. The Morgan fingerprint density at radius 1 is 1.55 bits per heavy atom. The average molecular weight is 481 g/mol. The molecule has 0 aliphatic carbocycles. The molecule has 22 heavy (non-hydrogen) atoms. The van der Waals surface area contributed by atoms with E-state index in [1.165, 1.54) is 0 Å². The molecule has 0 aromatic heterocycles. The highest BCUT2D eigenvalue weighted by atomic mass is 127. The number of nitrogens with zero attached hydrogens (tertiary/aromatic N) is 1. The van der Waals surface area contributed by atoms with E-state index < -0.39 is 0 Å². The third kappa shape index (κ3) is 5.47. The molecule has 1 unspecified atom stereocenters. The summed E-state index contributed by atoms with van der Waals surface area (Å²) in [5, 5.41) is 2.99. The maximum absolute atomic E-state index is 12.3. The Morgan fingerprint density at radius 3 is 3.05 bits per heavy atom. The summed E-state index contributed by atoms with van der Waals surface area (Å²) < 4.78 is 7.62. The van der Waals surface area contributed by atoms with Gasteiger partial charge in [0.25, 0.3) is 5.91 Å². The lowest BCUT2D eigenvalue weighted by Gasteiger charge is -2.34. The third-order valence-corrected chi connectivity index (χ3v) is 4.94. The summed E-state index contributed by atoms with van der Waals surface area (Å²) in [6.45, 7) is 8.68. The van der Waals surface area contributed by atoms with Crippen LogP contribution in [0.5, 0.6) is 0 Å². The van der Waals surface area contributed by atoms with Crippen LogP contribution in [-0.2, 0) is 4.74 Å². The number of rotatable bonds is 5. The summed E-state index contributed by atoms with van der Waals surface area (Å²) >= 11 is 5.59. The number of carbonyl (C=O) groups excluding carboxylic acids is 1. The van der Waals surface area contributed by atoms with Gasteiger partial charge in [-0.1, -0.05) is 29.8 Å². The monoisotopic (exact) mass is 480 g/mol. The maximum atomic E-state index is 12.3. The van der Waals surface area contributed by atoms with Crippen LogP contribution < -0.4 is 5.32 Å². The van der Waals surface area contributed by atoms with E-state index in [-0.39, 0.29) is 12.0 Å². The van der Waals surface area contributed by atoms with Gasteiger partial charge in [-0.25, -0.2) is 0 Å². The minimum Gasteiger partial charge on any atom is -0.374 e. The van der Waals surface area contributed by atoms with Gasteiger partial charge in [-0.2, -0.15) is 0 Å². The number of ether oxygens (including phenoxy) is 1. The Hall–Kier alpha value is -0.180. The number of carbonyl (C=O) groups is 1. The molecule has 1 heterocycles. The molecule has 0 spiro atoms. The first kappa shape index (κ1) is 18.2. The van der Waals surface area contributed by atoms with Crippen LogP contribution in [0.15, 0.2) is 22.7 Å². The largest absolute Gasteiger partial charge is 0.374 e. The normalized spacial score (nSPS) is 19.4. The number of benzene rings is 1. The van der Waals surface area contributed by atoms with Crippen LogP contribution in [0.4, 0.5) is 0 Å². The van der Waals surface area contributed by atoms with Gasteiger partial charge in [0.1, 0.15) is 0 Å². The maximum Gasteiger partial charge on any atom is 0.252 e. The summed E-state index contributed by atoms with van der Waals surface area (Å²) in [5.41, 5.74) is 0.699. The number of hydrogen-bond acceptors (Lipinski definition) is 3. The Labute approximate surface area is 154 Å². The van der Waals surface area contributed by atoms with Crippen LogP contribution >= 0.6 is 38.5 Å². The molecule has 1 saturated heterocycles. The quantitative estimate of drug-likeness (QED) is 0.658. The van der Waals surface area contributed by atoms with Crippen molar-refractivity contribution in [3.05, 3.63) is 31.8 Å². The molecule has 6 heteroatoms. The molecule has 4 nitrogen and oxygen atoms in total. The van der Waals surface area contributed by atoms with Crippen molar-refractivity contribution in [2.24, 2.45) is 5.92 Å². The molecule has 0 bridgehead atoms. The minimum atomic E-state index is -0.0460. The molecule has 1 aliphatic heterocycles. The highest BCUT2D eigenvalue weighted by Crippen LogP contribution is 2.18. The van der Waals surface area contributed by atoms with E-state index in [9.17, 15) is 4.79 Å². The first-order chi connectivity index (χ1) is 10.5. The van der Waals surface area contributed by atoms with Gasteiger partial charge in [-0.05, 0) is 46.7 Å². The lowest BCUT2D eigenvalue weighted by Crippen LogP contribution is -2.48. The van der Waals surface area contributed by atoms with E-state index in [0.29, 0.717) is 18.0 Å². The molecule has 1 aliphatic rings. The van der Waals surface area contributed by atoms with Crippen molar-refractivity contribution in [2.75, 3.05) is 32.8 Å². The Morgan fingerprint density at radius 2 is 2.32 bits per heavy atom. The van der Waals surface area contributed by atoms with E-state index >= 15 is 0 Å². The molecule has 1 amide bonds. The fraction of sp³-hybridized carbons (Fsp3) is 0.562. The van der Waals surface area contributed by atoms with Gasteiger partial charge in [0.15, 0.2) is 0 Å². The standard InChI is InChI=1S/C16H22BrIN2O2/c1-11(2)9-20-5-6-22-13(10-20)8-19-16(21)14-7-12(17)3-4-15(14)18/h3-4,7,11,13H,5-6,8-10H2,1-2H3,(H,19,21). The predicted octanol–water partition coefficient (Wildman–Crippen LogP) is 3.14. The summed E-state index contributed by atoms with van der Waals surface area (Å²) in [6, 6.07) is 5.72. The van der Waals surface area contributed by atoms with E-state index in [1.807, 2.05) is 18.2 Å². The second kappa shape index (κ2) is 8.61. The lowest BCUT2D eigenvalue weighted by atomic mass is 10.1. The Balaban J connectivity index is 1.86. The van der Waals surface area contributed by atoms with Crippen molar-refractivity contribution in [2.45, 2.75) is 20.0 Å². The average Bonchev–Trinajstić information content (AvgIpc) is 2.47. The van der Waals surface area contributed by atoms with Gasteiger partial charge in [0, 0.05) is 34.2 Å². The highest BCUT2D eigenvalue weighted by molar-refractivity contribution is 14.1. The number of hydrogen-bond donors (Lipinski definition) is 1. The first-order valence-electron chi connectivity index (χ1n) is 7.53. The van der Waals surface area contributed by atoms with Gasteiger partial charge >= 0.3 is 0 Å². The van der Waals surface area contributed by atoms with Gasteiger partial charge in [0.2, 0.25) is 0 Å². The summed E-state index contributed by atoms with van der Waals surface area (Å²) in [5.74, 6) is 0.604. The summed E-state index contributed by atoms with van der Waals surface area (Å²) in [7, 11) is 0. The number of halogens is 2. The SMILES string of the molecule is CC(C)CN1CCOC(CNC(=O)c2cc(Br)ccc2I)C1. The molecule has 1 fully saturated rings. The summed E-state index contributed by atoms with van der Waals surface area (Å²) in [6.07, 6.45) is 0.0706. The van der Waals surface area contributed by atoms with Crippen LogP contribution in [0, 0.1) is 9.49 Å². The van der Waals surface area contributed by atoms with Gasteiger partial charge in [0.05, 0.1) is 18.3 Å². The highest BCUT2D eigenvalue weighted by Gasteiger charge is 2.22. The zero-order valence-corrected chi connectivity index (χ0v) is 16.7. The zero-order valence-electron chi connectivity index (χ0n) is 12.9. The van der Waals surface area contributed by atoms with E-state index in [4.69, 9.17) is 4.74 Å².